The molecule has 0 aliphatic rings. The third-order valence-corrected chi connectivity index (χ3v) is 6.12. The van der Waals surface area contributed by atoms with Gasteiger partial charge in [-0.25, -0.2) is 8.42 Å². The number of sulfonamides is 1. The Kier molecular flexibility index (Phi) is 6.97. The normalized spacial score (nSPS) is 12.1. The van der Waals surface area contributed by atoms with Crippen molar-refractivity contribution in [3.8, 4) is 5.75 Å². The zero-order valence-corrected chi connectivity index (χ0v) is 18.6. The van der Waals surface area contributed by atoms with Crippen LogP contribution in [0.4, 0.5) is 5.69 Å². The summed E-state index contributed by atoms with van der Waals surface area (Å²) < 4.78 is 30.0. The topological polar surface area (TPSA) is 75.7 Å². The maximum absolute atomic E-state index is 12.6. The minimum absolute atomic E-state index is 0.156. The molecule has 0 heterocycles. The number of carbonyl (C=O) groups excluding carboxylic acids is 1. The molecule has 0 bridgehead atoms. The number of hydrogen-bond acceptors (Lipinski definition) is 4. The molecule has 3 aromatic rings. The number of nitrogens with zero attached hydrogens (tertiary/aromatic N) is 1. The Bertz CT molecular complexity index is 1110. The van der Waals surface area contributed by atoms with Crippen LogP contribution in [0.2, 0.25) is 0 Å². The first-order chi connectivity index (χ1) is 14.7. The number of aryl methyl sites for hydroxylation is 1. The number of hydrogen-bond donors (Lipinski definition) is 1. The maximum atomic E-state index is 12.6. The van der Waals surface area contributed by atoms with E-state index in [4.69, 9.17) is 4.74 Å². The van der Waals surface area contributed by atoms with Crippen LogP contribution in [0, 0.1) is 6.92 Å². The summed E-state index contributed by atoms with van der Waals surface area (Å²) in [5, 5.41) is 3.04. The van der Waals surface area contributed by atoms with Crippen LogP contribution in [0.1, 0.15) is 22.7 Å². The SMILES string of the molecule is Cc1ccc([C@@H](NC(=O)COc2ccc(N(C)S(C)(=O)=O)cc2)c2ccccc2)cc1. The van der Waals surface area contributed by atoms with Crippen molar-refractivity contribution in [1.29, 1.82) is 0 Å². The van der Waals surface area contributed by atoms with E-state index in [1.165, 1.54) is 11.4 Å². The van der Waals surface area contributed by atoms with Crippen molar-refractivity contribution >= 4 is 21.6 Å². The van der Waals surface area contributed by atoms with E-state index in [-0.39, 0.29) is 18.6 Å². The van der Waals surface area contributed by atoms with E-state index in [9.17, 15) is 13.2 Å². The van der Waals surface area contributed by atoms with E-state index in [1.807, 2.05) is 61.5 Å². The first kappa shape index (κ1) is 22.4. The Morgan fingerprint density at radius 3 is 2.10 bits per heavy atom. The van der Waals surface area contributed by atoms with Crippen molar-refractivity contribution in [3.05, 3.63) is 95.6 Å². The number of carbonyl (C=O) groups is 1. The molecule has 6 nitrogen and oxygen atoms in total. The van der Waals surface area contributed by atoms with Gasteiger partial charge in [-0.2, -0.15) is 0 Å². The molecule has 0 spiro atoms. The van der Waals surface area contributed by atoms with Gasteiger partial charge in [-0.05, 0) is 42.3 Å². The Hall–Kier alpha value is -3.32. The summed E-state index contributed by atoms with van der Waals surface area (Å²) in [7, 11) is -1.86. The van der Waals surface area contributed by atoms with Gasteiger partial charge in [0, 0.05) is 7.05 Å². The molecule has 0 aliphatic carbocycles. The van der Waals surface area contributed by atoms with Gasteiger partial charge in [-0.15, -0.1) is 0 Å². The second-order valence-corrected chi connectivity index (χ2v) is 9.35. The van der Waals surface area contributed by atoms with Gasteiger partial charge in [-0.1, -0.05) is 60.2 Å². The lowest BCUT2D eigenvalue weighted by Gasteiger charge is -2.20. The summed E-state index contributed by atoms with van der Waals surface area (Å²) in [5.74, 6) is 0.221. The Labute approximate surface area is 183 Å². The predicted octanol–water partition coefficient (Wildman–Crippen LogP) is 3.68. The molecule has 1 atom stereocenters. The van der Waals surface area contributed by atoms with E-state index in [0.29, 0.717) is 11.4 Å². The Morgan fingerprint density at radius 2 is 1.52 bits per heavy atom. The first-order valence-corrected chi connectivity index (χ1v) is 11.7. The predicted molar refractivity (Wildman–Crippen MR) is 123 cm³/mol. The van der Waals surface area contributed by atoms with Crippen molar-refractivity contribution in [1.82, 2.24) is 5.32 Å². The van der Waals surface area contributed by atoms with Crippen molar-refractivity contribution in [2.75, 3.05) is 24.2 Å². The summed E-state index contributed by atoms with van der Waals surface area (Å²) in [6.07, 6.45) is 1.14. The molecule has 0 fully saturated rings. The molecule has 1 amide bonds. The third kappa shape index (κ3) is 6.08. The fourth-order valence-corrected chi connectivity index (χ4v) is 3.56. The number of ether oxygens (including phenoxy) is 1. The average molecular weight is 439 g/mol. The number of rotatable bonds is 8. The van der Waals surface area contributed by atoms with Crippen LogP contribution < -0.4 is 14.4 Å². The molecular formula is C24H26N2O4S. The largest absolute Gasteiger partial charge is 0.484 e. The van der Waals surface area contributed by atoms with Gasteiger partial charge < -0.3 is 10.1 Å². The average Bonchev–Trinajstić information content (AvgIpc) is 2.76. The molecule has 1 N–H and O–H groups in total. The molecule has 3 aromatic carbocycles. The second kappa shape index (κ2) is 9.66. The number of amides is 1. The third-order valence-electron chi connectivity index (χ3n) is 4.92. The minimum Gasteiger partial charge on any atom is -0.484 e. The smallest absolute Gasteiger partial charge is 0.258 e. The van der Waals surface area contributed by atoms with Gasteiger partial charge in [0.15, 0.2) is 6.61 Å². The highest BCUT2D eigenvalue weighted by Crippen LogP contribution is 2.23. The fourth-order valence-electron chi connectivity index (χ4n) is 3.06. The lowest BCUT2D eigenvalue weighted by atomic mass is 9.98. The number of benzene rings is 3. The van der Waals surface area contributed by atoms with Gasteiger partial charge in [0.2, 0.25) is 10.0 Å². The van der Waals surface area contributed by atoms with Crippen LogP contribution in [-0.2, 0) is 14.8 Å². The van der Waals surface area contributed by atoms with Crippen molar-refractivity contribution in [3.63, 3.8) is 0 Å². The summed E-state index contributed by atoms with van der Waals surface area (Å²) in [5.41, 5.74) is 3.63. The molecule has 0 saturated heterocycles. The van der Waals surface area contributed by atoms with E-state index in [1.54, 1.807) is 24.3 Å². The van der Waals surface area contributed by atoms with E-state index >= 15 is 0 Å². The molecule has 3 rings (SSSR count). The van der Waals surface area contributed by atoms with Gasteiger partial charge >= 0.3 is 0 Å². The zero-order valence-electron chi connectivity index (χ0n) is 17.8. The number of nitrogens with one attached hydrogen (secondary N) is 1. The molecule has 31 heavy (non-hydrogen) atoms. The maximum Gasteiger partial charge on any atom is 0.258 e. The van der Waals surface area contributed by atoms with E-state index < -0.39 is 10.0 Å². The van der Waals surface area contributed by atoms with Crippen molar-refractivity contribution in [2.45, 2.75) is 13.0 Å². The minimum atomic E-state index is -3.34. The number of anilines is 1. The van der Waals surface area contributed by atoms with Crippen molar-refractivity contribution in [2.24, 2.45) is 0 Å². The summed E-state index contributed by atoms with van der Waals surface area (Å²) >= 11 is 0. The molecule has 7 heteroatoms. The highest BCUT2D eigenvalue weighted by Gasteiger charge is 2.17. The Balaban J connectivity index is 1.67. The zero-order chi connectivity index (χ0) is 22.4. The van der Waals surface area contributed by atoms with Gasteiger partial charge in [0.25, 0.3) is 5.91 Å². The van der Waals surface area contributed by atoms with Crippen LogP contribution in [0.3, 0.4) is 0 Å². The van der Waals surface area contributed by atoms with Crippen molar-refractivity contribution < 1.29 is 17.9 Å². The first-order valence-electron chi connectivity index (χ1n) is 9.81. The molecule has 0 saturated carbocycles. The summed E-state index contributed by atoms with van der Waals surface area (Å²) in [4.78, 5) is 12.6. The standard InChI is InChI=1S/C24H26N2O4S/c1-18-9-11-20(12-10-18)24(19-7-5-4-6-8-19)25-23(27)17-30-22-15-13-21(14-16-22)26(2)31(3,28)29/h4-16,24H,17H2,1-3H3,(H,25,27)/t24-/m0/s1. The monoisotopic (exact) mass is 438 g/mol. The molecule has 0 radical (unpaired) electrons. The van der Waals surface area contributed by atoms with Gasteiger partial charge in [0.1, 0.15) is 5.75 Å². The highest BCUT2D eigenvalue weighted by atomic mass is 32.2. The summed E-state index contributed by atoms with van der Waals surface area (Å²) in [6, 6.07) is 24.1. The Morgan fingerprint density at radius 1 is 0.935 bits per heavy atom. The van der Waals surface area contributed by atoms with Crippen LogP contribution in [-0.4, -0.2) is 34.2 Å². The molecule has 162 valence electrons. The summed E-state index contributed by atoms with van der Waals surface area (Å²) in [6.45, 7) is 1.86. The highest BCUT2D eigenvalue weighted by molar-refractivity contribution is 7.92. The quantitative estimate of drug-likeness (QED) is 0.582. The van der Waals surface area contributed by atoms with E-state index in [2.05, 4.69) is 5.32 Å². The van der Waals surface area contributed by atoms with Crippen LogP contribution in [0.25, 0.3) is 0 Å². The van der Waals surface area contributed by atoms with Crippen LogP contribution in [0.15, 0.2) is 78.9 Å². The lowest BCUT2D eigenvalue weighted by Crippen LogP contribution is -2.33. The fraction of sp³-hybridized carbons (Fsp3) is 0.208. The molecule has 0 unspecified atom stereocenters. The lowest BCUT2D eigenvalue weighted by molar-refractivity contribution is -0.123. The second-order valence-electron chi connectivity index (χ2n) is 7.33. The molecule has 0 aliphatic heterocycles. The van der Waals surface area contributed by atoms with Crippen LogP contribution in [0.5, 0.6) is 5.75 Å². The molecular weight excluding hydrogens is 412 g/mol. The van der Waals surface area contributed by atoms with Crippen LogP contribution >= 0.6 is 0 Å². The van der Waals surface area contributed by atoms with E-state index in [0.717, 1.165) is 22.9 Å². The van der Waals surface area contributed by atoms with Gasteiger partial charge in [0.05, 0.1) is 18.0 Å². The van der Waals surface area contributed by atoms with Gasteiger partial charge in [-0.3, -0.25) is 9.10 Å². The molecule has 0 aromatic heterocycles.